The Morgan fingerprint density at radius 1 is 1.47 bits per heavy atom. The van der Waals surface area contributed by atoms with E-state index in [0.29, 0.717) is 6.42 Å². The van der Waals surface area contributed by atoms with Crippen LogP contribution in [-0.4, -0.2) is 20.4 Å². The third-order valence-corrected chi connectivity index (χ3v) is 3.86. The molecule has 0 radical (unpaired) electrons. The summed E-state index contributed by atoms with van der Waals surface area (Å²) in [5.41, 5.74) is -0.157. The van der Waals surface area contributed by atoms with Crippen molar-refractivity contribution in [2.45, 2.75) is 38.1 Å². The van der Waals surface area contributed by atoms with Gasteiger partial charge in [0.1, 0.15) is 5.82 Å². The van der Waals surface area contributed by atoms with Crippen molar-refractivity contribution >= 4 is 15.9 Å². The summed E-state index contributed by atoms with van der Waals surface area (Å²) in [6.07, 6.45) is 0.682. The fourth-order valence-electron chi connectivity index (χ4n) is 1.54. The summed E-state index contributed by atoms with van der Waals surface area (Å²) in [5.74, 6) is -1.43. The van der Waals surface area contributed by atoms with Gasteiger partial charge in [-0.2, -0.15) is 0 Å². The standard InChI is InChI=1S/C12H17FN2O3S/c1-4-8(3)15-12(16)9-6-11(19(14,17)18)7(2)5-10(9)13/h5-6,8H,4H2,1-3H3,(H,15,16)(H2,14,17,18). The fourth-order valence-corrected chi connectivity index (χ4v) is 2.33. The lowest BCUT2D eigenvalue weighted by atomic mass is 10.1. The van der Waals surface area contributed by atoms with Crippen LogP contribution in [0.15, 0.2) is 17.0 Å². The smallest absolute Gasteiger partial charge is 0.254 e. The molecule has 1 unspecified atom stereocenters. The molecule has 1 amide bonds. The molecule has 1 atom stereocenters. The van der Waals surface area contributed by atoms with Crippen molar-refractivity contribution in [3.63, 3.8) is 0 Å². The van der Waals surface area contributed by atoms with E-state index < -0.39 is 21.7 Å². The summed E-state index contributed by atoms with van der Waals surface area (Å²) < 4.78 is 36.4. The van der Waals surface area contributed by atoms with Crippen molar-refractivity contribution in [2.75, 3.05) is 0 Å². The van der Waals surface area contributed by atoms with E-state index in [1.807, 2.05) is 6.92 Å². The molecule has 0 aliphatic carbocycles. The molecule has 0 aromatic heterocycles. The molecule has 1 aromatic carbocycles. The first-order valence-corrected chi connectivity index (χ1v) is 7.35. The maximum absolute atomic E-state index is 13.7. The lowest BCUT2D eigenvalue weighted by Crippen LogP contribution is -2.32. The Morgan fingerprint density at radius 3 is 2.53 bits per heavy atom. The van der Waals surface area contributed by atoms with E-state index in [4.69, 9.17) is 5.14 Å². The highest BCUT2D eigenvalue weighted by Gasteiger charge is 2.20. The molecule has 5 nitrogen and oxygen atoms in total. The highest BCUT2D eigenvalue weighted by atomic mass is 32.2. The number of hydrogen-bond donors (Lipinski definition) is 2. The van der Waals surface area contributed by atoms with E-state index in [2.05, 4.69) is 5.32 Å². The number of carbonyl (C=O) groups is 1. The van der Waals surface area contributed by atoms with Crippen molar-refractivity contribution in [1.29, 1.82) is 0 Å². The van der Waals surface area contributed by atoms with Gasteiger partial charge in [0.2, 0.25) is 10.0 Å². The van der Waals surface area contributed by atoms with Crippen molar-refractivity contribution in [3.05, 3.63) is 29.1 Å². The maximum atomic E-state index is 13.7. The molecule has 106 valence electrons. The number of primary sulfonamides is 1. The molecule has 0 spiro atoms. The van der Waals surface area contributed by atoms with Crippen LogP contribution >= 0.6 is 0 Å². The van der Waals surface area contributed by atoms with Crippen LogP contribution in [0.2, 0.25) is 0 Å². The van der Waals surface area contributed by atoms with Gasteiger partial charge in [0.25, 0.3) is 5.91 Å². The van der Waals surface area contributed by atoms with Gasteiger partial charge < -0.3 is 5.32 Å². The quantitative estimate of drug-likeness (QED) is 0.875. The number of halogens is 1. The minimum atomic E-state index is -3.99. The van der Waals surface area contributed by atoms with Crippen LogP contribution < -0.4 is 10.5 Å². The topological polar surface area (TPSA) is 89.3 Å². The van der Waals surface area contributed by atoms with E-state index >= 15 is 0 Å². The van der Waals surface area contributed by atoms with Gasteiger partial charge >= 0.3 is 0 Å². The van der Waals surface area contributed by atoms with Gasteiger partial charge in [-0.05, 0) is 38.0 Å². The van der Waals surface area contributed by atoms with Crippen LogP contribution in [0.25, 0.3) is 0 Å². The molecule has 0 aliphatic rings. The molecular formula is C12H17FN2O3S. The molecule has 0 fully saturated rings. The van der Waals surface area contributed by atoms with E-state index in [-0.39, 0.29) is 22.1 Å². The Labute approximate surface area is 112 Å². The van der Waals surface area contributed by atoms with Crippen LogP contribution in [0.5, 0.6) is 0 Å². The highest BCUT2D eigenvalue weighted by Crippen LogP contribution is 2.19. The highest BCUT2D eigenvalue weighted by molar-refractivity contribution is 7.89. The zero-order chi connectivity index (χ0) is 14.8. The zero-order valence-electron chi connectivity index (χ0n) is 11.0. The summed E-state index contributed by atoms with van der Waals surface area (Å²) in [6, 6.07) is 1.83. The number of nitrogens with two attached hydrogens (primary N) is 1. The number of carbonyl (C=O) groups excluding carboxylic acids is 1. The third kappa shape index (κ3) is 3.74. The van der Waals surface area contributed by atoms with Crippen molar-refractivity contribution in [3.8, 4) is 0 Å². The number of benzene rings is 1. The van der Waals surface area contributed by atoms with Gasteiger partial charge in [-0.25, -0.2) is 17.9 Å². The first-order valence-electron chi connectivity index (χ1n) is 5.80. The first kappa shape index (κ1) is 15.6. The van der Waals surface area contributed by atoms with E-state index in [9.17, 15) is 17.6 Å². The Bertz CT molecular complexity index is 599. The van der Waals surface area contributed by atoms with Gasteiger partial charge in [0.15, 0.2) is 0 Å². The maximum Gasteiger partial charge on any atom is 0.254 e. The van der Waals surface area contributed by atoms with Crippen molar-refractivity contribution < 1.29 is 17.6 Å². The van der Waals surface area contributed by atoms with E-state index in [1.54, 1.807) is 6.92 Å². The monoisotopic (exact) mass is 288 g/mol. The molecule has 19 heavy (non-hydrogen) atoms. The SMILES string of the molecule is CCC(C)NC(=O)c1cc(S(N)(=O)=O)c(C)cc1F. The summed E-state index contributed by atoms with van der Waals surface area (Å²) in [5, 5.41) is 7.59. The van der Waals surface area contributed by atoms with Crippen LogP contribution in [0, 0.1) is 12.7 Å². The Morgan fingerprint density at radius 2 is 2.05 bits per heavy atom. The average Bonchev–Trinajstić information content (AvgIpc) is 2.26. The lowest BCUT2D eigenvalue weighted by molar-refractivity contribution is 0.0935. The molecule has 1 rings (SSSR count). The molecular weight excluding hydrogens is 271 g/mol. The van der Waals surface area contributed by atoms with Gasteiger partial charge in [0, 0.05) is 6.04 Å². The average molecular weight is 288 g/mol. The number of aryl methyl sites for hydroxylation is 1. The summed E-state index contributed by atoms with van der Waals surface area (Å²) in [6.45, 7) is 5.05. The number of nitrogens with one attached hydrogen (secondary N) is 1. The Kier molecular flexibility index (Phi) is 4.65. The van der Waals surface area contributed by atoms with Crippen LogP contribution in [0.4, 0.5) is 4.39 Å². The summed E-state index contributed by atoms with van der Waals surface area (Å²) in [4.78, 5) is 11.6. The largest absolute Gasteiger partial charge is 0.350 e. The minimum Gasteiger partial charge on any atom is -0.350 e. The molecule has 0 heterocycles. The predicted molar refractivity (Wildman–Crippen MR) is 69.7 cm³/mol. The lowest BCUT2D eigenvalue weighted by Gasteiger charge is -2.13. The molecule has 0 saturated carbocycles. The molecule has 3 N–H and O–H groups in total. The number of amides is 1. The minimum absolute atomic E-state index is 0.133. The van der Waals surface area contributed by atoms with Crippen molar-refractivity contribution in [1.82, 2.24) is 5.32 Å². The van der Waals surface area contributed by atoms with Crippen LogP contribution in [0.3, 0.4) is 0 Å². The Balaban J connectivity index is 3.26. The number of hydrogen-bond acceptors (Lipinski definition) is 3. The van der Waals surface area contributed by atoms with Gasteiger partial charge in [-0.3, -0.25) is 4.79 Å². The first-order chi connectivity index (χ1) is 8.66. The van der Waals surface area contributed by atoms with Gasteiger partial charge in [0.05, 0.1) is 10.5 Å². The third-order valence-electron chi connectivity index (χ3n) is 2.81. The molecule has 1 aromatic rings. The second kappa shape index (κ2) is 5.66. The van der Waals surface area contributed by atoms with Gasteiger partial charge in [-0.15, -0.1) is 0 Å². The molecule has 0 aliphatic heterocycles. The second-order valence-corrected chi connectivity index (χ2v) is 5.96. The van der Waals surface area contributed by atoms with E-state index in [0.717, 1.165) is 12.1 Å². The normalized spacial score (nSPS) is 13.1. The molecule has 7 heteroatoms. The van der Waals surface area contributed by atoms with Crippen molar-refractivity contribution in [2.24, 2.45) is 5.14 Å². The van der Waals surface area contributed by atoms with Crippen LogP contribution in [0.1, 0.15) is 36.2 Å². The zero-order valence-corrected chi connectivity index (χ0v) is 11.8. The number of rotatable bonds is 4. The van der Waals surface area contributed by atoms with Crippen LogP contribution in [-0.2, 0) is 10.0 Å². The van der Waals surface area contributed by atoms with E-state index in [1.165, 1.54) is 6.92 Å². The summed E-state index contributed by atoms with van der Waals surface area (Å²) in [7, 11) is -3.99. The predicted octanol–water partition coefficient (Wildman–Crippen LogP) is 1.31. The van der Waals surface area contributed by atoms with Gasteiger partial charge in [-0.1, -0.05) is 6.92 Å². The number of sulfonamides is 1. The molecule has 0 bridgehead atoms. The molecule has 0 saturated heterocycles. The fraction of sp³-hybridized carbons (Fsp3) is 0.417. The second-order valence-electron chi connectivity index (χ2n) is 4.43. The summed E-state index contributed by atoms with van der Waals surface area (Å²) >= 11 is 0. The Hall–Kier alpha value is -1.47.